The quantitative estimate of drug-likeness (QED) is 0.566. The first-order valence-corrected chi connectivity index (χ1v) is 8.31. The van der Waals surface area contributed by atoms with Gasteiger partial charge < -0.3 is 10.1 Å². The fraction of sp³-hybridized carbons (Fsp3) is 0.0625. The molecule has 0 unspecified atom stereocenters. The van der Waals surface area contributed by atoms with Gasteiger partial charge in [-0.25, -0.2) is 4.79 Å². The highest BCUT2D eigenvalue weighted by Gasteiger charge is 2.13. The summed E-state index contributed by atoms with van der Waals surface area (Å²) in [5.41, 5.74) is 0.932. The highest BCUT2D eigenvalue weighted by atomic mass is 35.5. The number of carbonyl (C=O) groups is 2. The average Bonchev–Trinajstić information content (AvgIpc) is 2.58. The first-order valence-electron chi connectivity index (χ1n) is 6.77. The SMILES string of the molecule is COC(=O)c1cc(NC(=S)NC(=O)c2ccc(Cl)c(Cl)c2)ccc1Cl. The van der Waals surface area contributed by atoms with Gasteiger partial charge >= 0.3 is 5.97 Å². The number of nitrogens with one attached hydrogen (secondary N) is 2. The topological polar surface area (TPSA) is 67.4 Å². The molecule has 0 saturated carbocycles. The van der Waals surface area contributed by atoms with Gasteiger partial charge in [-0.1, -0.05) is 34.8 Å². The Morgan fingerprint density at radius 2 is 1.68 bits per heavy atom. The lowest BCUT2D eigenvalue weighted by atomic mass is 10.2. The number of rotatable bonds is 3. The maximum absolute atomic E-state index is 12.1. The highest BCUT2D eigenvalue weighted by Crippen LogP contribution is 2.23. The van der Waals surface area contributed by atoms with Gasteiger partial charge in [0.05, 0.1) is 27.7 Å². The fourth-order valence-corrected chi connectivity index (χ4v) is 2.55. The van der Waals surface area contributed by atoms with Crippen LogP contribution in [0.1, 0.15) is 20.7 Å². The number of hydrogen-bond donors (Lipinski definition) is 2. The van der Waals surface area contributed by atoms with Crippen LogP contribution in [0.2, 0.25) is 15.1 Å². The molecule has 2 aromatic rings. The molecule has 0 heterocycles. The van der Waals surface area contributed by atoms with Crippen molar-refractivity contribution in [2.75, 3.05) is 12.4 Å². The summed E-state index contributed by atoms with van der Waals surface area (Å²) in [6.07, 6.45) is 0. The molecule has 5 nitrogen and oxygen atoms in total. The maximum atomic E-state index is 12.1. The van der Waals surface area contributed by atoms with Crippen molar-refractivity contribution in [2.45, 2.75) is 0 Å². The van der Waals surface area contributed by atoms with Gasteiger partial charge in [0.25, 0.3) is 5.91 Å². The van der Waals surface area contributed by atoms with E-state index in [1.807, 2.05) is 0 Å². The third-order valence-corrected chi connectivity index (χ3v) is 4.31. The van der Waals surface area contributed by atoms with E-state index in [-0.39, 0.29) is 20.7 Å². The molecule has 2 aromatic carbocycles. The van der Waals surface area contributed by atoms with E-state index in [0.717, 1.165) is 0 Å². The Bertz CT molecular complexity index is 859. The van der Waals surface area contributed by atoms with E-state index in [1.54, 1.807) is 6.07 Å². The molecule has 1 amide bonds. The van der Waals surface area contributed by atoms with Crippen LogP contribution in [-0.4, -0.2) is 24.1 Å². The number of ether oxygens (including phenoxy) is 1. The van der Waals surface area contributed by atoms with Gasteiger partial charge in [0.1, 0.15) is 0 Å². The van der Waals surface area contributed by atoms with Crippen molar-refractivity contribution < 1.29 is 14.3 Å². The van der Waals surface area contributed by atoms with Crippen LogP contribution in [0.15, 0.2) is 36.4 Å². The lowest BCUT2D eigenvalue weighted by Crippen LogP contribution is -2.34. The van der Waals surface area contributed by atoms with Crippen LogP contribution in [0.4, 0.5) is 5.69 Å². The third-order valence-electron chi connectivity index (χ3n) is 3.04. The number of carbonyl (C=O) groups excluding carboxylic acids is 2. The zero-order chi connectivity index (χ0) is 18.6. The van der Waals surface area contributed by atoms with Gasteiger partial charge in [0.15, 0.2) is 5.11 Å². The Morgan fingerprint density at radius 1 is 1.00 bits per heavy atom. The molecule has 0 atom stereocenters. The molecule has 130 valence electrons. The second kappa shape index (κ2) is 8.49. The van der Waals surface area contributed by atoms with Crippen LogP contribution >= 0.6 is 47.0 Å². The number of hydrogen-bond acceptors (Lipinski definition) is 4. The smallest absolute Gasteiger partial charge is 0.339 e. The molecule has 0 aliphatic carbocycles. The summed E-state index contributed by atoms with van der Waals surface area (Å²) in [5.74, 6) is -1.04. The summed E-state index contributed by atoms with van der Waals surface area (Å²) in [7, 11) is 1.25. The van der Waals surface area contributed by atoms with E-state index >= 15 is 0 Å². The molecule has 0 spiro atoms. The van der Waals surface area contributed by atoms with Gasteiger partial charge in [-0.15, -0.1) is 0 Å². The van der Waals surface area contributed by atoms with E-state index in [1.165, 1.54) is 37.4 Å². The summed E-state index contributed by atoms with van der Waals surface area (Å²) >= 11 is 22.7. The van der Waals surface area contributed by atoms with Crippen molar-refractivity contribution in [1.82, 2.24) is 5.32 Å². The minimum absolute atomic E-state index is 0.0363. The number of amides is 1. The van der Waals surface area contributed by atoms with Crippen molar-refractivity contribution in [3.63, 3.8) is 0 Å². The Labute approximate surface area is 164 Å². The van der Waals surface area contributed by atoms with E-state index in [2.05, 4.69) is 15.4 Å². The monoisotopic (exact) mass is 416 g/mol. The second-order valence-corrected chi connectivity index (χ2v) is 6.35. The first-order chi connectivity index (χ1) is 11.8. The lowest BCUT2D eigenvalue weighted by Gasteiger charge is -2.11. The molecular weight excluding hydrogens is 407 g/mol. The largest absolute Gasteiger partial charge is 0.465 e. The average molecular weight is 418 g/mol. The number of thiocarbonyl (C=S) groups is 1. The van der Waals surface area contributed by atoms with E-state index < -0.39 is 11.9 Å². The second-order valence-electron chi connectivity index (χ2n) is 4.72. The summed E-state index contributed by atoms with van der Waals surface area (Å²) in [6, 6.07) is 9.04. The molecule has 0 aromatic heterocycles. The van der Waals surface area contributed by atoms with Crippen LogP contribution in [0.5, 0.6) is 0 Å². The molecule has 2 N–H and O–H groups in total. The zero-order valence-electron chi connectivity index (χ0n) is 12.7. The predicted molar refractivity (Wildman–Crippen MR) is 103 cm³/mol. The third kappa shape index (κ3) is 5.06. The maximum Gasteiger partial charge on any atom is 0.339 e. The number of esters is 1. The fourth-order valence-electron chi connectivity index (χ4n) is 1.84. The van der Waals surface area contributed by atoms with Crippen LogP contribution < -0.4 is 10.6 Å². The zero-order valence-corrected chi connectivity index (χ0v) is 15.8. The molecule has 0 radical (unpaired) electrons. The Balaban J connectivity index is 2.08. The molecule has 0 aliphatic heterocycles. The highest BCUT2D eigenvalue weighted by molar-refractivity contribution is 7.80. The molecule has 25 heavy (non-hydrogen) atoms. The lowest BCUT2D eigenvalue weighted by molar-refractivity contribution is 0.0601. The first kappa shape index (κ1) is 19.5. The van der Waals surface area contributed by atoms with Gasteiger partial charge in [-0.3, -0.25) is 10.1 Å². The number of methoxy groups -OCH3 is 1. The molecule has 0 aliphatic rings. The minimum Gasteiger partial charge on any atom is -0.465 e. The van der Waals surface area contributed by atoms with Gasteiger partial charge in [0, 0.05) is 11.3 Å². The van der Waals surface area contributed by atoms with Crippen molar-refractivity contribution in [1.29, 1.82) is 0 Å². The summed E-state index contributed by atoms with van der Waals surface area (Å²) < 4.78 is 4.64. The van der Waals surface area contributed by atoms with Crippen molar-refractivity contribution in [2.24, 2.45) is 0 Å². The molecule has 0 fully saturated rings. The summed E-state index contributed by atoms with van der Waals surface area (Å²) in [4.78, 5) is 23.8. The Hall–Kier alpha value is -1.86. The van der Waals surface area contributed by atoms with E-state index in [0.29, 0.717) is 16.3 Å². The summed E-state index contributed by atoms with van der Waals surface area (Å²) in [6.45, 7) is 0. The van der Waals surface area contributed by atoms with Gasteiger partial charge in [-0.05, 0) is 48.6 Å². The Morgan fingerprint density at radius 3 is 2.32 bits per heavy atom. The molecule has 9 heteroatoms. The van der Waals surface area contributed by atoms with Crippen LogP contribution in [0.3, 0.4) is 0 Å². The normalized spacial score (nSPS) is 10.1. The van der Waals surface area contributed by atoms with Gasteiger partial charge in [-0.2, -0.15) is 0 Å². The van der Waals surface area contributed by atoms with Crippen LogP contribution in [-0.2, 0) is 4.74 Å². The number of anilines is 1. The van der Waals surface area contributed by atoms with Crippen molar-refractivity contribution >= 4 is 69.7 Å². The van der Waals surface area contributed by atoms with E-state index in [4.69, 9.17) is 47.0 Å². The molecular formula is C16H11Cl3N2O3S. The standard InChI is InChI=1S/C16H11Cl3N2O3S/c1-24-15(23)10-7-9(3-5-11(10)17)20-16(25)21-14(22)8-2-4-12(18)13(19)6-8/h2-7H,1H3,(H2,20,21,22,25). The van der Waals surface area contributed by atoms with Gasteiger partial charge in [0.2, 0.25) is 0 Å². The van der Waals surface area contributed by atoms with Crippen molar-refractivity contribution in [3.8, 4) is 0 Å². The molecule has 2 rings (SSSR count). The van der Waals surface area contributed by atoms with Crippen LogP contribution in [0, 0.1) is 0 Å². The Kier molecular flexibility index (Phi) is 6.61. The predicted octanol–water partition coefficient (Wildman–Crippen LogP) is 4.56. The van der Waals surface area contributed by atoms with E-state index in [9.17, 15) is 9.59 Å². The van der Waals surface area contributed by atoms with Crippen LogP contribution in [0.25, 0.3) is 0 Å². The minimum atomic E-state index is -0.584. The molecule has 0 bridgehead atoms. The molecule has 0 saturated heterocycles. The number of halogens is 3. The number of benzene rings is 2. The van der Waals surface area contributed by atoms with Crippen molar-refractivity contribution in [3.05, 3.63) is 62.6 Å². The summed E-state index contributed by atoms with van der Waals surface area (Å²) in [5, 5.41) is 6.16.